The molecule has 2 fully saturated rings. The molecule has 194 valence electrons. The summed E-state index contributed by atoms with van der Waals surface area (Å²) in [6.07, 6.45) is 3.04. The Bertz CT molecular complexity index is 1300. The lowest BCUT2D eigenvalue weighted by molar-refractivity contribution is -0.00108. The zero-order chi connectivity index (χ0) is 26.4. The molecule has 1 amide bonds. The molecule has 9 heteroatoms. The second-order valence-corrected chi connectivity index (χ2v) is 10.9. The molecular weight excluding hydrogens is 475 g/mol. The molecule has 1 aromatic heterocycles. The Morgan fingerprint density at radius 1 is 1.05 bits per heavy atom. The van der Waals surface area contributed by atoms with Gasteiger partial charge in [0.05, 0.1) is 23.5 Å². The van der Waals surface area contributed by atoms with Crippen LogP contribution in [0.1, 0.15) is 55.2 Å². The van der Waals surface area contributed by atoms with Crippen molar-refractivity contribution in [3.05, 3.63) is 77.4 Å². The number of carbonyl (C=O) groups is 2. The van der Waals surface area contributed by atoms with Crippen LogP contribution >= 0.6 is 0 Å². The Morgan fingerprint density at radius 2 is 1.68 bits per heavy atom. The number of carbonyl (C=O) groups excluding carboxylic acids is 1. The summed E-state index contributed by atoms with van der Waals surface area (Å²) in [7, 11) is 0. The van der Waals surface area contributed by atoms with E-state index in [-0.39, 0.29) is 16.8 Å². The van der Waals surface area contributed by atoms with E-state index in [2.05, 4.69) is 25.7 Å². The van der Waals surface area contributed by atoms with Crippen molar-refractivity contribution in [2.45, 2.75) is 51.2 Å². The Morgan fingerprint density at radius 3 is 2.27 bits per heavy atom. The van der Waals surface area contributed by atoms with Crippen LogP contribution in [0.15, 0.2) is 54.7 Å². The van der Waals surface area contributed by atoms with Crippen LogP contribution in [0.5, 0.6) is 0 Å². The number of halogens is 1. The predicted molar refractivity (Wildman–Crippen MR) is 137 cm³/mol. The van der Waals surface area contributed by atoms with Gasteiger partial charge in [-0.2, -0.15) is 5.10 Å². The number of nitrogens with zero attached hydrogens (tertiary/aromatic N) is 4. The van der Waals surface area contributed by atoms with Gasteiger partial charge in [0.2, 0.25) is 0 Å². The normalized spacial score (nSPS) is 17.8. The van der Waals surface area contributed by atoms with Crippen LogP contribution in [0.25, 0.3) is 5.69 Å². The van der Waals surface area contributed by atoms with E-state index in [0.29, 0.717) is 25.1 Å². The molecule has 0 atom stereocenters. The molecule has 2 aromatic carbocycles. The fourth-order valence-electron chi connectivity index (χ4n) is 5.11. The summed E-state index contributed by atoms with van der Waals surface area (Å²) >= 11 is 0. The van der Waals surface area contributed by atoms with Crippen LogP contribution in [-0.4, -0.2) is 57.1 Å². The molecule has 0 aliphatic carbocycles. The molecule has 1 N–H and O–H groups in total. The SMILES string of the molecule is CC(C)(C)c1nn(-c2ccc(F)cc2)cc1CN1CCC2(CC1)CN(c1ccc(C(=O)O)cc1)C(=O)O2. The molecule has 0 bridgehead atoms. The third-order valence-corrected chi connectivity index (χ3v) is 7.15. The first-order valence-electron chi connectivity index (χ1n) is 12.4. The first kappa shape index (κ1) is 25.0. The molecule has 8 nitrogen and oxygen atoms in total. The molecular formula is C28H31FN4O4. The van der Waals surface area contributed by atoms with Crippen LogP contribution in [0, 0.1) is 5.82 Å². The van der Waals surface area contributed by atoms with Crippen molar-refractivity contribution >= 4 is 17.7 Å². The Balaban J connectivity index is 1.27. The quantitative estimate of drug-likeness (QED) is 0.524. The van der Waals surface area contributed by atoms with Gasteiger partial charge in [-0.15, -0.1) is 0 Å². The Labute approximate surface area is 215 Å². The molecule has 37 heavy (non-hydrogen) atoms. The fraction of sp³-hybridized carbons (Fsp3) is 0.393. The van der Waals surface area contributed by atoms with Crippen molar-refractivity contribution in [3.63, 3.8) is 0 Å². The van der Waals surface area contributed by atoms with Gasteiger partial charge in [-0.1, -0.05) is 20.8 Å². The van der Waals surface area contributed by atoms with E-state index in [0.717, 1.165) is 36.6 Å². The van der Waals surface area contributed by atoms with E-state index >= 15 is 0 Å². The second-order valence-electron chi connectivity index (χ2n) is 10.9. The van der Waals surface area contributed by atoms with Gasteiger partial charge < -0.3 is 9.84 Å². The van der Waals surface area contributed by atoms with Gasteiger partial charge >= 0.3 is 12.1 Å². The van der Waals surface area contributed by atoms with Crippen molar-refractivity contribution in [1.29, 1.82) is 0 Å². The molecule has 2 aliphatic heterocycles. The molecule has 2 saturated heterocycles. The van der Waals surface area contributed by atoms with Gasteiger partial charge in [-0.25, -0.2) is 18.7 Å². The summed E-state index contributed by atoms with van der Waals surface area (Å²) < 4.78 is 21.1. The lowest BCUT2D eigenvalue weighted by atomic mass is 9.88. The zero-order valence-corrected chi connectivity index (χ0v) is 21.3. The van der Waals surface area contributed by atoms with Gasteiger partial charge in [-0.05, 0) is 48.5 Å². The number of aromatic carboxylic acids is 1. The first-order valence-corrected chi connectivity index (χ1v) is 12.4. The number of aromatic nitrogens is 2. The van der Waals surface area contributed by atoms with E-state index in [4.69, 9.17) is 14.9 Å². The maximum atomic E-state index is 13.4. The highest BCUT2D eigenvalue weighted by atomic mass is 19.1. The second kappa shape index (κ2) is 9.30. The summed E-state index contributed by atoms with van der Waals surface area (Å²) in [6.45, 7) is 9.10. The summed E-state index contributed by atoms with van der Waals surface area (Å²) in [5, 5.41) is 14.0. The van der Waals surface area contributed by atoms with Crippen LogP contribution < -0.4 is 4.90 Å². The largest absolute Gasteiger partial charge is 0.478 e. The Hall–Kier alpha value is -3.72. The highest BCUT2D eigenvalue weighted by Crippen LogP contribution is 2.37. The number of benzene rings is 2. The smallest absolute Gasteiger partial charge is 0.415 e. The standard InChI is InChI=1S/C28H31FN4O4/c1-27(2,3)24-20(17-33(30-24)23-10-6-21(29)7-11-23)16-31-14-12-28(13-15-31)18-32(26(36)37-28)22-8-4-19(5-9-22)25(34)35/h4-11,17H,12-16,18H2,1-3H3,(H,34,35). The molecule has 0 unspecified atom stereocenters. The summed E-state index contributed by atoms with van der Waals surface area (Å²) in [6, 6.07) is 12.6. The van der Waals surface area contributed by atoms with Gasteiger partial charge in [0, 0.05) is 55.3 Å². The van der Waals surface area contributed by atoms with E-state index in [9.17, 15) is 14.0 Å². The van der Waals surface area contributed by atoms with Crippen LogP contribution in [-0.2, 0) is 16.7 Å². The Kier molecular flexibility index (Phi) is 6.27. The molecule has 0 saturated carbocycles. The maximum Gasteiger partial charge on any atom is 0.415 e. The summed E-state index contributed by atoms with van der Waals surface area (Å²) in [5.41, 5.74) is 3.04. The van der Waals surface area contributed by atoms with Crippen LogP contribution in [0.3, 0.4) is 0 Å². The molecule has 0 radical (unpaired) electrons. The van der Waals surface area contributed by atoms with E-state index in [1.54, 1.807) is 29.2 Å². The zero-order valence-electron chi connectivity index (χ0n) is 21.3. The number of amides is 1. The highest BCUT2D eigenvalue weighted by molar-refractivity contribution is 5.92. The minimum Gasteiger partial charge on any atom is -0.478 e. The molecule has 1 spiro atoms. The number of carboxylic acid groups (broad SMARTS) is 1. The number of carboxylic acids is 1. The summed E-state index contributed by atoms with van der Waals surface area (Å²) in [5.74, 6) is -1.28. The van der Waals surface area contributed by atoms with Crippen molar-refractivity contribution < 1.29 is 23.8 Å². The van der Waals surface area contributed by atoms with Gasteiger partial charge in [0.15, 0.2) is 0 Å². The number of likely N-dealkylation sites (tertiary alicyclic amines) is 1. The topological polar surface area (TPSA) is 87.9 Å². The number of piperidine rings is 1. The average Bonchev–Trinajstić information content (AvgIpc) is 3.42. The van der Waals surface area contributed by atoms with Gasteiger partial charge in [0.1, 0.15) is 11.4 Å². The fourth-order valence-corrected chi connectivity index (χ4v) is 5.11. The molecule has 2 aliphatic rings. The van der Waals surface area contributed by atoms with Crippen LogP contribution in [0.4, 0.5) is 14.9 Å². The predicted octanol–water partition coefficient (Wildman–Crippen LogP) is 5.00. The van der Waals surface area contributed by atoms with Crippen molar-refractivity contribution in [1.82, 2.24) is 14.7 Å². The monoisotopic (exact) mass is 506 g/mol. The van der Waals surface area contributed by atoms with Crippen molar-refractivity contribution in [2.24, 2.45) is 0 Å². The third kappa shape index (κ3) is 5.09. The first-order chi connectivity index (χ1) is 17.5. The van der Waals surface area contributed by atoms with Gasteiger partial charge in [-0.3, -0.25) is 9.80 Å². The van der Waals surface area contributed by atoms with E-state index in [1.807, 2.05) is 10.9 Å². The molecule has 3 aromatic rings. The average molecular weight is 507 g/mol. The number of hydrogen-bond donors (Lipinski definition) is 1. The van der Waals surface area contributed by atoms with E-state index in [1.165, 1.54) is 24.3 Å². The van der Waals surface area contributed by atoms with Crippen molar-refractivity contribution in [3.8, 4) is 5.69 Å². The summed E-state index contributed by atoms with van der Waals surface area (Å²) in [4.78, 5) is 27.8. The number of anilines is 1. The van der Waals surface area contributed by atoms with Crippen LogP contribution in [0.2, 0.25) is 0 Å². The number of rotatable bonds is 5. The van der Waals surface area contributed by atoms with E-state index < -0.39 is 17.7 Å². The lowest BCUT2D eigenvalue weighted by Gasteiger charge is -2.37. The lowest BCUT2D eigenvalue weighted by Crippen LogP contribution is -2.46. The highest BCUT2D eigenvalue weighted by Gasteiger charge is 2.47. The third-order valence-electron chi connectivity index (χ3n) is 7.15. The maximum absolute atomic E-state index is 13.4. The minimum absolute atomic E-state index is 0.157. The van der Waals surface area contributed by atoms with Crippen molar-refractivity contribution in [2.75, 3.05) is 24.5 Å². The number of hydrogen-bond acceptors (Lipinski definition) is 5. The number of ether oxygens (including phenoxy) is 1. The minimum atomic E-state index is -1.00. The van der Waals surface area contributed by atoms with Gasteiger partial charge in [0.25, 0.3) is 0 Å². The molecule has 5 rings (SSSR count). The molecule has 3 heterocycles.